The number of barbiturate groups is 1. The molecule has 0 saturated carbocycles. The summed E-state index contributed by atoms with van der Waals surface area (Å²) in [7, 11) is 0. The van der Waals surface area contributed by atoms with Crippen LogP contribution in [0.25, 0.3) is 17.0 Å². The molecule has 2 N–H and O–H groups in total. The van der Waals surface area contributed by atoms with Crippen LogP contribution < -0.4 is 10.6 Å². The topological polar surface area (TPSA) is 111 Å². The highest BCUT2D eigenvalue weighted by Crippen LogP contribution is 2.25. The number of carbonyl (C=O) groups is 3. The summed E-state index contributed by atoms with van der Waals surface area (Å²) in [6, 6.07) is 14.3. The molecule has 0 spiro atoms. The van der Waals surface area contributed by atoms with Crippen molar-refractivity contribution in [2.75, 3.05) is 0 Å². The molecule has 1 aliphatic heterocycles. The van der Waals surface area contributed by atoms with E-state index in [1.54, 1.807) is 4.68 Å². The number of urea groups is 1. The zero-order valence-electron chi connectivity index (χ0n) is 17.2. The van der Waals surface area contributed by atoms with Crippen LogP contribution >= 0.6 is 11.6 Å². The quantitative estimate of drug-likeness (QED) is 0.351. The lowest BCUT2D eigenvalue weighted by Gasteiger charge is -2.13. The summed E-state index contributed by atoms with van der Waals surface area (Å²) in [6.07, 6.45) is 5.19. The average Bonchev–Trinajstić information content (AvgIpc) is 3.37. The third-order valence-electron chi connectivity index (χ3n) is 5.24. The van der Waals surface area contributed by atoms with E-state index < -0.39 is 17.8 Å². The first-order chi connectivity index (χ1) is 16.0. The van der Waals surface area contributed by atoms with Gasteiger partial charge in [-0.15, -0.1) is 5.10 Å². The zero-order valence-corrected chi connectivity index (χ0v) is 17.9. The number of rotatable bonds is 5. The van der Waals surface area contributed by atoms with Crippen LogP contribution in [0.1, 0.15) is 16.8 Å². The van der Waals surface area contributed by atoms with Crippen molar-refractivity contribution < 1.29 is 14.4 Å². The fraction of sp³-hybridized carbons (Fsp3) is 0.0870. The maximum absolute atomic E-state index is 12.1. The Balaban J connectivity index is 1.43. The van der Waals surface area contributed by atoms with E-state index in [0.29, 0.717) is 23.7 Å². The van der Waals surface area contributed by atoms with E-state index in [4.69, 9.17) is 11.6 Å². The van der Waals surface area contributed by atoms with Gasteiger partial charge in [-0.05, 0) is 29.8 Å². The van der Waals surface area contributed by atoms with Crippen LogP contribution in [0.3, 0.4) is 0 Å². The molecular weight excluding hydrogens is 444 g/mol. The van der Waals surface area contributed by atoms with Gasteiger partial charge < -0.3 is 4.57 Å². The van der Waals surface area contributed by atoms with Gasteiger partial charge >= 0.3 is 6.03 Å². The number of carbonyl (C=O) groups excluding carboxylic acids is 3. The molecular formula is C23H17ClN6O3. The standard InChI is InChI=1S/C23H17ClN6O3/c24-16-7-5-14(6-8-16)10-30-13-17(27-28-30)12-29-11-15(18-3-1-2-4-20(18)29)9-19-21(31)25-23(33)26-22(19)32/h1-9,11,13H,10,12H2,(H2,25,26,31,32,33). The highest BCUT2D eigenvalue weighted by Gasteiger charge is 2.28. The van der Waals surface area contributed by atoms with Gasteiger partial charge in [0.15, 0.2) is 0 Å². The molecule has 2 aromatic heterocycles. The number of benzene rings is 2. The third-order valence-corrected chi connectivity index (χ3v) is 5.49. The molecule has 33 heavy (non-hydrogen) atoms. The molecule has 1 saturated heterocycles. The fourth-order valence-electron chi connectivity index (χ4n) is 3.72. The largest absolute Gasteiger partial charge is 0.341 e. The summed E-state index contributed by atoms with van der Waals surface area (Å²) >= 11 is 5.94. The summed E-state index contributed by atoms with van der Waals surface area (Å²) in [5, 5.41) is 14.2. The Bertz CT molecular complexity index is 1410. The van der Waals surface area contributed by atoms with Gasteiger partial charge in [0.2, 0.25) is 0 Å². The molecule has 4 aromatic rings. The van der Waals surface area contributed by atoms with Crippen molar-refractivity contribution >= 4 is 46.4 Å². The zero-order chi connectivity index (χ0) is 22.9. The van der Waals surface area contributed by atoms with Crippen LogP contribution in [0.2, 0.25) is 5.02 Å². The minimum absolute atomic E-state index is 0.133. The van der Waals surface area contributed by atoms with Gasteiger partial charge in [0.05, 0.1) is 19.3 Å². The molecule has 0 unspecified atom stereocenters. The smallest absolute Gasteiger partial charge is 0.328 e. The summed E-state index contributed by atoms with van der Waals surface area (Å²) in [4.78, 5) is 35.6. The van der Waals surface area contributed by atoms with Gasteiger partial charge in [0.25, 0.3) is 11.8 Å². The van der Waals surface area contributed by atoms with Gasteiger partial charge in [0.1, 0.15) is 11.3 Å². The van der Waals surface area contributed by atoms with E-state index in [9.17, 15) is 14.4 Å². The van der Waals surface area contributed by atoms with Crippen molar-refractivity contribution in [1.29, 1.82) is 0 Å². The summed E-state index contributed by atoms with van der Waals surface area (Å²) in [6.45, 7) is 1.01. The first-order valence-corrected chi connectivity index (χ1v) is 10.4. The molecule has 3 heterocycles. The molecule has 2 aromatic carbocycles. The normalized spacial score (nSPS) is 13.8. The van der Waals surface area contributed by atoms with Gasteiger partial charge in [-0.3, -0.25) is 20.2 Å². The van der Waals surface area contributed by atoms with Crippen LogP contribution in [-0.4, -0.2) is 37.4 Å². The van der Waals surface area contributed by atoms with Gasteiger partial charge in [-0.1, -0.05) is 47.1 Å². The monoisotopic (exact) mass is 460 g/mol. The van der Waals surface area contributed by atoms with E-state index >= 15 is 0 Å². The summed E-state index contributed by atoms with van der Waals surface area (Å²) in [5.41, 5.74) is 3.26. The van der Waals surface area contributed by atoms with E-state index in [1.165, 1.54) is 6.08 Å². The number of para-hydroxylation sites is 1. The van der Waals surface area contributed by atoms with Crippen molar-refractivity contribution in [3.8, 4) is 0 Å². The number of aromatic nitrogens is 4. The van der Waals surface area contributed by atoms with Crippen molar-refractivity contribution in [3.05, 3.63) is 88.3 Å². The number of nitrogens with one attached hydrogen (secondary N) is 2. The van der Waals surface area contributed by atoms with Crippen LogP contribution in [0, 0.1) is 0 Å². The SMILES string of the molecule is O=C1NC(=O)C(=Cc2cn(Cc3cn(Cc4ccc(Cl)cc4)nn3)c3ccccc23)C(=O)N1. The Morgan fingerprint density at radius 2 is 1.64 bits per heavy atom. The predicted molar refractivity (Wildman–Crippen MR) is 121 cm³/mol. The van der Waals surface area contributed by atoms with E-state index in [2.05, 4.69) is 20.9 Å². The van der Waals surface area contributed by atoms with E-state index in [1.807, 2.05) is 65.5 Å². The highest BCUT2D eigenvalue weighted by molar-refractivity contribution is 6.31. The lowest BCUT2D eigenvalue weighted by atomic mass is 10.1. The Morgan fingerprint density at radius 1 is 0.909 bits per heavy atom. The molecule has 1 fully saturated rings. The Morgan fingerprint density at radius 3 is 2.39 bits per heavy atom. The van der Waals surface area contributed by atoms with Gasteiger partial charge in [-0.2, -0.15) is 0 Å². The maximum atomic E-state index is 12.1. The lowest BCUT2D eigenvalue weighted by molar-refractivity contribution is -0.123. The van der Waals surface area contributed by atoms with Crippen LogP contribution in [-0.2, 0) is 22.7 Å². The Kier molecular flexibility index (Phi) is 5.23. The molecule has 5 rings (SSSR count). The number of imide groups is 2. The van der Waals surface area contributed by atoms with Crippen molar-refractivity contribution in [2.45, 2.75) is 13.1 Å². The fourth-order valence-corrected chi connectivity index (χ4v) is 3.85. The van der Waals surface area contributed by atoms with Crippen molar-refractivity contribution in [1.82, 2.24) is 30.2 Å². The Hall–Kier alpha value is -4.24. The van der Waals surface area contributed by atoms with Gasteiger partial charge in [0, 0.05) is 27.7 Å². The molecule has 1 aliphatic rings. The first-order valence-electron chi connectivity index (χ1n) is 10.1. The second kappa shape index (κ2) is 8.36. The van der Waals surface area contributed by atoms with Crippen LogP contribution in [0.15, 0.2) is 66.5 Å². The minimum atomic E-state index is -0.828. The highest BCUT2D eigenvalue weighted by atomic mass is 35.5. The summed E-state index contributed by atoms with van der Waals surface area (Å²) in [5.74, 6) is -1.46. The van der Waals surface area contributed by atoms with Crippen LogP contribution in [0.5, 0.6) is 0 Å². The molecule has 164 valence electrons. The second-order valence-electron chi connectivity index (χ2n) is 7.56. The van der Waals surface area contributed by atoms with Crippen molar-refractivity contribution in [3.63, 3.8) is 0 Å². The molecule has 0 bridgehead atoms. The Labute approximate surface area is 192 Å². The number of fused-ring (bicyclic) bond motifs is 1. The number of amides is 4. The third kappa shape index (κ3) is 4.26. The number of hydrogen-bond acceptors (Lipinski definition) is 5. The second-order valence-corrected chi connectivity index (χ2v) is 8.00. The van der Waals surface area contributed by atoms with Crippen LogP contribution in [0.4, 0.5) is 4.79 Å². The predicted octanol–water partition coefficient (Wildman–Crippen LogP) is 2.73. The molecule has 10 heteroatoms. The number of nitrogens with zero attached hydrogens (tertiary/aromatic N) is 4. The molecule has 0 atom stereocenters. The summed E-state index contributed by atoms with van der Waals surface area (Å²) < 4.78 is 3.73. The molecule has 0 aliphatic carbocycles. The number of halogens is 1. The lowest BCUT2D eigenvalue weighted by Crippen LogP contribution is -2.51. The molecule has 4 amide bonds. The van der Waals surface area contributed by atoms with E-state index in [-0.39, 0.29) is 5.57 Å². The minimum Gasteiger partial charge on any atom is -0.341 e. The first kappa shape index (κ1) is 20.7. The maximum Gasteiger partial charge on any atom is 0.328 e. The van der Waals surface area contributed by atoms with Gasteiger partial charge in [-0.25, -0.2) is 9.48 Å². The average molecular weight is 461 g/mol. The van der Waals surface area contributed by atoms with Crippen molar-refractivity contribution in [2.24, 2.45) is 0 Å². The van der Waals surface area contributed by atoms with E-state index in [0.717, 1.165) is 22.2 Å². The molecule has 9 nitrogen and oxygen atoms in total. The number of hydrogen-bond donors (Lipinski definition) is 2. The molecule has 0 radical (unpaired) electrons.